The first-order valence-corrected chi connectivity index (χ1v) is 12.5. The molecule has 0 saturated carbocycles. The highest BCUT2D eigenvalue weighted by molar-refractivity contribution is 5.63. The predicted molar refractivity (Wildman–Crippen MR) is 145 cm³/mol. The van der Waals surface area contributed by atoms with Crippen molar-refractivity contribution in [3.63, 3.8) is 0 Å². The van der Waals surface area contributed by atoms with Crippen molar-refractivity contribution in [2.75, 3.05) is 30.4 Å². The molecule has 0 atom stereocenters. The lowest BCUT2D eigenvalue weighted by atomic mass is 9.94. The van der Waals surface area contributed by atoms with Gasteiger partial charge in [-0.05, 0) is 66.5 Å². The summed E-state index contributed by atoms with van der Waals surface area (Å²) in [5.74, 6) is 1.78. The summed E-state index contributed by atoms with van der Waals surface area (Å²) in [5.41, 5.74) is 1.28. The number of aromatic nitrogens is 4. The first kappa shape index (κ1) is 28.4. The monoisotopic (exact) mass is 512 g/mol. The maximum absolute atomic E-state index is 10.6. The van der Waals surface area contributed by atoms with E-state index in [2.05, 4.69) is 20.2 Å². The summed E-state index contributed by atoms with van der Waals surface area (Å²) < 4.78 is 7.51. The molecular weight excluding hydrogens is 472 g/mol. The summed E-state index contributed by atoms with van der Waals surface area (Å²) in [4.78, 5) is 15.7. The van der Waals surface area contributed by atoms with E-state index in [1.165, 1.54) is 0 Å². The van der Waals surface area contributed by atoms with Crippen molar-refractivity contribution >= 4 is 17.5 Å². The first-order chi connectivity index (χ1) is 17.3. The van der Waals surface area contributed by atoms with E-state index in [1.54, 1.807) is 41.1 Å². The van der Waals surface area contributed by atoms with Crippen molar-refractivity contribution in [2.24, 2.45) is 0 Å². The number of aryl methyl sites for hydroxylation is 1. The van der Waals surface area contributed by atoms with Crippen LogP contribution in [0.2, 0.25) is 0 Å². The molecule has 4 N–H and O–H groups in total. The fourth-order valence-electron chi connectivity index (χ4n) is 3.83. The van der Waals surface area contributed by atoms with Crippen LogP contribution in [0.25, 0.3) is 5.69 Å². The summed E-state index contributed by atoms with van der Waals surface area (Å²) in [7, 11) is 1.63. The maximum Gasteiger partial charge on any atom is 0.229 e. The molecule has 0 aliphatic carbocycles. The minimum atomic E-state index is -1.13. The van der Waals surface area contributed by atoms with Gasteiger partial charge in [-0.1, -0.05) is 0 Å². The number of piperidine rings is 1. The molecule has 0 radical (unpaired) electrons. The van der Waals surface area contributed by atoms with Crippen LogP contribution in [0.4, 0.5) is 17.5 Å². The molecule has 1 aliphatic heterocycles. The number of methoxy groups -OCH3 is 1. The lowest BCUT2D eigenvalue weighted by Crippen LogP contribution is -2.43. The second-order valence-electron chi connectivity index (χ2n) is 10.5. The van der Waals surface area contributed by atoms with E-state index < -0.39 is 11.2 Å². The Morgan fingerprint density at radius 2 is 1.78 bits per heavy atom. The second-order valence-corrected chi connectivity index (χ2v) is 10.5. The van der Waals surface area contributed by atoms with Gasteiger partial charge in [0.25, 0.3) is 0 Å². The fourth-order valence-corrected chi connectivity index (χ4v) is 3.83. The average molecular weight is 513 g/mol. The van der Waals surface area contributed by atoms with Crippen LogP contribution >= 0.6 is 0 Å². The molecule has 37 heavy (non-hydrogen) atoms. The van der Waals surface area contributed by atoms with Gasteiger partial charge < -0.3 is 34.8 Å². The summed E-state index contributed by atoms with van der Waals surface area (Å²) in [5, 5.41) is 32.2. The van der Waals surface area contributed by atoms with Gasteiger partial charge in [0.1, 0.15) is 17.2 Å². The van der Waals surface area contributed by atoms with E-state index in [0.29, 0.717) is 43.3 Å². The molecule has 10 heteroatoms. The Morgan fingerprint density at radius 3 is 2.32 bits per heavy atom. The Balaban J connectivity index is 0.000000886. The lowest BCUT2D eigenvalue weighted by molar-refractivity contribution is 0.0349. The van der Waals surface area contributed by atoms with Gasteiger partial charge in [-0.2, -0.15) is 4.98 Å². The van der Waals surface area contributed by atoms with Crippen LogP contribution in [0.15, 0.2) is 36.8 Å². The van der Waals surface area contributed by atoms with Gasteiger partial charge in [-0.15, -0.1) is 0 Å². The molecule has 0 bridgehead atoms. The number of imidazole rings is 1. The third-order valence-corrected chi connectivity index (χ3v) is 5.93. The molecule has 1 aromatic carbocycles. The minimum Gasteiger partial charge on any atom is -0.494 e. The van der Waals surface area contributed by atoms with Crippen LogP contribution in [0, 0.1) is 6.92 Å². The van der Waals surface area contributed by atoms with Gasteiger partial charge in [0.15, 0.2) is 0 Å². The van der Waals surface area contributed by atoms with E-state index in [4.69, 9.17) is 14.8 Å². The highest BCUT2D eigenvalue weighted by Crippen LogP contribution is 2.31. The van der Waals surface area contributed by atoms with Crippen LogP contribution in [0.3, 0.4) is 0 Å². The third-order valence-electron chi connectivity index (χ3n) is 5.93. The molecule has 3 heterocycles. The standard InChI is InChI=1S/C24H32N6O3.C3H8O/c1-16-14-30(15-25-16)18-7-6-17(12-19(18)33-5)26-22-27-20(23(2,3)31)13-21(28-22)29-10-8-24(4,32)9-11-29;1-3(2)4/h6-7,12-15,31-32H,8-11H2,1-5H3,(H,26,27,28);3-4H,1-2H3. The minimum absolute atomic E-state index is 0.167. The number of rotatable bonds is 6. The molecule has 1 fully saturated rings. The van der Waals surface area contributed by atoms with Gasteiger partial charge in [-0.25, -0.2) is 9.97 Å². The van der Waals surface area contributed by atoms with Crippen molar-refractivity contribution in [1.82, 2.24) is 19.5 Å². The van der Waals surface area contributed by atoms with Crippen molar-refractivity contribution in [1.29, 1.82) is 0 Å². The zero-order chi connectivity index (χ0) is 27.4. The lowest BCUT2D eigenvalue weighted by Gasteiger charge is -2.36. The Bertz CT molecular complexity index is 1170. The molecule has 0 amide bonds. The number of ether oxygens (including phenoxy) is 1. The number of anilines is 3. The van der Waals surface area contributed by atoms with E-state index in [1.807, 2.05) is 48.9 Å². The van der Waals surface area contributed by atoms with Gasteiger partial charge >= 0.3 is 0 Å². The molecule has 4 rings (SSSR count). The second kappa shape index (κ2) is 11.5. The number of aliphatic hydroxyl groups is 3. The average Bonchev–Trinajstić information content (AvgIpc) is 3.24. The predicted octanol–water partition coefficient (Wildman–Crippen LogP) is 3.69. The Kier molecular flexibility index (Phi) is 8.78. The summed E-state index contributed by atoms with van der Waals surface area (Å²) in [6, 6.07) is 7.56. The number of benzene rings is 1. The van der Waals surface area contributed by atoms with Crippen LogP contribution in [0.5, 0.6) is 5.75 Å². The molecular formula is C27H40N6O4. The van der Waals surface area contributed by atoms with E-state index >= 15 is 0 Å². The van der Waals surface area contributed by atoms with Gasteiger partial charge in [0.05, 0.1) is 36.1 Å². The highest BCUT2D eigenvalue weighted by atomic mass is 16.5. The van der Waals surface area contributed by atoms with Crippen LogP contribution in [-0.2, 0) is 5.60 Å². The summed E-state index contributed by atoms with van der Waals surface area (Å²) in [6.45, 7) is 12.0. The molecule has 3 aromatic rings. The number of nitrogens with zero attached hydrogens (tertiary/aromatic N) is 5. The Morgan fingerprint density at radius 1 is 1.14 bits per heavy atom. The Labute approximate surface area is 219 Å². The molecule has 10 nitrogen and oxygen atoms in total. The molecule has 1 saturated heterocycles. The highest BCUT2D eigenvalue weighted by Gasteiger charge is 2.29. The van der Waals surface area contributed by atoms with Gasteiger partial charge in [0.2, 0.25) is 5.95 Å². The number of hydrogen-bond acceptors (Lipinski definition) is 9. The maximum atomic E-state index is 10.6. The molecule has 0 unspecified atom stereocenters. The van der Waals surface area contributed by atoms with Crippen molar-refractivity contribution < 1.29 is 20.1 Å². The normalized spacial score (nSPS) is 15.3. The van der Waals surface area contributed by atoms with Crippen molar-refractivity contribution in [2.45, 2.75) is 71.7 Å². The summed E-state index contributed by atoms with van der Waals surface area (Å²) in [6.07, 6.45) is 4.83. The van der Waals surface area contributed by atoms with Crippen LogP contribution in [-0.4, -0.2) is 66.7 Å². The number of aliphatic hydroxyl groups excluding tert-OH is 1. The van der Waals surface area contributed by atoms with Gasteiger partial charge in [0, 0.05) is 43.2 Å². The molecule has 2 aromatic heterocycles. The molecule has 1 aliphatic rings. The van der Waals surface area contributed by atoms with Gasteiger partial charge in [-0.3, -0.25) is 0 Å². The number of hydrogen-bond donors (Lipinski definition) is 4. The van der Waals surface area contributed by atoms with Crippen molar-refractivity contribution in [3.05, 3.63) is 48.2 Å². The smallest absolute Gasteiger partial charge is 0.229 e. The topological polar surface area (TPSA) is 129 Å². The molecule has 202 valence electrons. The zero-order valence-corrected chi connectivity index (χ0v) is 22.9. The zero-order valence-electron chi connectivity index (χ0n) is 22.9. The Hall–Kier alpha value is -3.21. The summed E-state index contributed by atoms with van der Waals surface area (Å²) >= 11 is 0. The quantitative estimate of drug-likeness (QED) is 0.391. The SMILES string of the molecule is CC(C)O.COc1cc(Nc2nc(N3CCC(C)(O)CC3)cc(C(C)(C)O)n2)ccc1-n1cnc(C)c1. The van der Waals surface area contributed by atoms with E-state index in [-0.39, 0.29) is 6.10 Å². The molecule has 0 spiro atoms. The van der Waals surface area contributed by atoms with E-state index in [9.17, 15) is 10.2 Å². The fraction of sp³-hybridized carbons (Fsp3) is 0.519. The third kappa shape index (κ3) is 7.88. The number of nitrogens with one attached hydrogen (secondary N) is 1. The van der Waals surface area contributed by atoms with Crippen LogP contribution in [0.1, 0.15) is 58.8 Å². The van der Waals surface area contributed by atoms with Crippen molar-refractivity contribution in [3.8, 4) is 11.4 Å². The van der Waals surface area contributed by atoms with E-state index in [0.717, 1.165) is 22.9 Å². The largest absolute Gasteiger partial charge is 0.494 e. The van der Waals surface area contributed by atoms with Crippen LogP contribution < -0.4 is 15.0 Å². The first-order valence-electron chi connectivity index (χ1n) is 12.5.